The van der Waals surface area contributed by atoms with E-state index in [-0.39, 0.29) is 36.4 Å². The number of thiophene rings is 1. The van der Waals surface area contributed by atoms with E-state index in [0.29, 0.717) is 13.0 Å². The first-order valence-electron chi connectivity index (χ1n) is 11.5. The van der Waals surface area contributed by atoms with E-state index >= 15 is 0 Å². The summed E-state index contributed by atoms with van der Waals surface area (Å²) in [6.07, 6.45) is 6.09. The molecule has 4 heterocycles. The van der Waals surface area contributed by atoms with Gasteiger partial charge >= 0.3 is 0 Å². The third kappa shape index (κ3) is 5.30. The molecule has 3 unspecified atom stereocenters. The first-order chi connectivity index (χ1) is 15.5. The van der Waals surface area contributed by atoms with Crippen LogP contribution in [0.3, 0.4) is 0 Å². The van der Waals surface area contributed by atoms with Crippen molar-refractivity contribution in [3.63, 3.8) is 0 Å². The number of piperidine rings is 1. The van der Waals surface area contributed by atoms with Gasteiger partial charge in [-0.1, -0.05) is 19.4 Å². The lowest BCUT2D eigenvalue weighted by atomic mass is 9.96. The summed E-state index contributed by atoms with van der Waals surface area (Å²) in [5.41, 5.74) is 0.913. The molecule has 32 heavy (non-hydrogen) atoms. The van der Waals surface area contributed by atoms with E-state index in [2.05, 4.69) is 24.1 Å². The van der Waals surface area contributed by atoms with Crippen molar-refractivity contribution in [1.82, 2.24) is 15.2 Å². The van der Waals surface area contributed by atoms with Crippen molar-refractivity contribution in [3.8, 4) is 0 Å². The quantitative estimate of drug-likeness (QED) is 0.650. The van der Waals surface area contributed by atoms with E-state index in [4.69, 9.17) is 9.52 Å². The van der Waals surface area contributed by atoms with Gasteiger partial charge in [-0.2, -0.15) is 5.10 Å². The molecular formula is C24H32N4O3S. The van der Waals surface area contributed by atoms with Crippen LogP contribution in [0.2, 0.25) is 0 Å². The summed E-state index contributed by atoms with van der Waals surface area (Å²) in [7, 11) is 0. The standard InChI is InChI=1S/C24H32N4O3S/c1-3-7-17(2)25-24(30)18-8-4-11-27(15-18)16-23(29)28-20(21-9-5-12-31-21)14-19(26-28)22-10-6-13-32-22/h5-6,9-10,12-13,17-18,20H,3-4,7-8,11,14-16H2,1-2H3,(H,25,30). The van der Waals surface area contributed by atoms with Crippen LogP contribution in [0.5, 0.6) is 0 Å². The van der Waals surface area contributed by atoms with E-state index in [1.807, 2.05) is 29.6 Å². The molecule has 172 valence electrons. The minimum absolute atomic E-state index is 0.0571. The molecule has 0 bridgehead atoms. The molecule has 2 aliphatic rings. The number of hydrogen-bond acceptors (Lipinski definition) is 6. The molecule has 2 aliphatic heterocycles. The van der Waals surface area contributed by atoms with Crippen LogP contribution in [0.4, 0.5) is 0 Å². The van der Waals surface area contributed by atoms with Crippen molar-refractivity contribution in [2.75, 3.05) is 19.6 Å². The smallest absolute Gasteiger partial charge is 0.257 e. The Morgan fingerprint density at radius 2 is 2.22 bits per heavy atom. The average molecular weight is 457 g/mol. The summed E-state index contributed by atoms with van der Waals surface area (Å²) >= 11 is 1.63. The topological polar surface area (TPSA) is 78.2 Å². The lowest BCUT2D eigenvalue weighted by Crippen LogP contribution is -2.48. The number of furan rings is 1. The van der Waals surface area contributed by atoms with Crippen molar-refractivity contribution in [2.45, 2.75) is 58.0 Å². The van der Waals surface area contributed by atoms with Crippen molar-refractivity contribution in [2.24, 2.45) is 11.0 Å². The predicted octanol–water partition coefficient (Wildman–Crippen LogP) is 4.04. The van der Waals surface area contributed by atoms with Gasteiger partial charge in [0.1, 0.15) is 11.8 Å². The maximum Gasteiger partial charge on any atom is 0.257 e. The zero-order valence-electron chi connectivity index (χ0n) is 18.8. The lowest BCUT2D eigenvalue weighted by Gasteiger charge is -2.33. The van der Waals surface area contributed by atoms with Crippen LogP contribution in [-0.2, 0) is 9.59 Å². The van der Waals surface area contributed by atoms with Gasteiger partial charge in [0.05, 0.1) is 29.3 Å². The number of rotatable bonds is 8. The molecule has 4 rings (SSSR count). The highest BCUT2D eigenvalue weighted by Gasteiger charge is 2.36. The Labute approximate surface area is 193 Å². The Kier molecular flexibility index (Phi) is 7.42. The van der Waals surface area contributed by atoms with Crippen LogP contribution >= 0.6 is 11.3 Å². The van der Waals surface area contributed by atoms with Gasteiger partial charge < -0.3 is 9.73 Å². The molecule has 2 amide bonds. The fraction of sp³-hybridized carbons (Fsp3) is 0.542. The molecule has 2 aromatic rings. The maximum absolute atomic E-state index is 13.3. The minimum atomic E-state index is -0.228. The monoisotopic (exact) mass is 456 g/mol. The molecule has 0 aliphatic carbocycles. The number of amides is 2. The third-order valence-electron chi connectivity index (χ3n) is 6.19. The molecule has 7 nitrogen and oxygen atoms in total. The number of carbonyl (C=O) groups excluding carboxylic acids is 2. The number of likely N-dealkylation sites (tertiary alicyclic amines) is 1. The third-order valence-corrected chi connectivity index (χ3v) is 7.11. The Balaban J connectivity index is 1.41. The van der Waals surface area contributed by atoms with Crippen LogP contribution in [0.15, 0.2) is 45.4 Å². The Morgan fingerprint density at radius 3 is 2.94 bits per heavy atom. The highest BCUT2D eigenvalue weighted by atomic mass is 32.1. The first-order valence-corrected chi connectivity index (χ1v) is 12.4. The first kappa shape index (κ1) is 22.7. The number of carbonyl (C=O) groups is 2. The molecule has 8 heteroatoms. The Morgan fingerprint density at radius 1 is 1.34 bits per heavy atom. The van der Waals surface area contributed by atoms with Gasteiger partial charge in [-0.25, -0.2) is 5.01 Å². The highest BCUT2D eigenvalue weighted by Crippen LogP contribution is 2.34. The van der Waals surface area contributed by atoms with E-state index in [9.17, 15) is 9.59 Å². The second-order valence-electron chi connectivity index (χ2n) is 8.77. The molecule has 0 saturated carbocycles. The van der Waals surface area contributed by atoms with Gasteiger partial charge in [-0.15, -0.1) is 11.3 Å². The number of nitrogens with one attached hydrogen (secondary N) is 1. The van der Waals surface area contributed by atoms with Crippen molar-refractivity contribution in [3.05, 3.63) is 46.5 Å². The zero-order chi connectivity index (χ0) is 22.5. The van der Waals surface area contributed by atoms with Crippen molar-refractivity contribution < 1.29 is 14.0 Å². The molecule has 2 aromatic heterocycles. The maximum atomic E-state index is 13.3. The van der Waals surface area contributed by atoms with E-state index in [1.54, 1.807) is 22.6 Å². The normalized spacial score (nSPS) is 22.6. The van der Waals surface area contributed by atoms with Gasteiger partial charge in [-0.05, 0) is 56.3 Å². The summed E-state index contributed by atoms with van der Waals surface area (Å²) in [6.45, 7) is 5.86. The summed E-state index contributed by atoms with van der Waals surface area (Å²) < 4.78 is 5.63. The van der Waals surface area contributed by atoms with E-state index < -0.39 is 0 Å². The van der Waals surface area contributed by atoms with Crippen LogP contribution < -0.4 is 5.32 Å². The number of hydrogen-bond donors (Lipinski definition) is 1. The summed E-state index contributed by atoms with van der Waals surface area (Å²) in [6, 6.07) is 7.73. The van der Waals surface area contributed by atoms with Crippen LogP contribution in [-0.4, -0.2) is 53.1 Å². The summed E-state index contributed by atoms with van der Waals surface area (Å²) in [4.78, 5) is 29.2. The van der Waals surface area contributed by atoms with Crippen LogP contribution in [0.25, 0.3) is 0 Å². The molecule has 1 saturated heterocycles. The molecule has 0 aromatic carbocycles. The second kappa shape index (κ2) is 10.4. The predicted molar refractivity (Wildman–Crippen MR) is 125 cm³/mol. The van der Waals surface area contributed by atoms with Gasteiger partial charge in [0, 0.05) is 19.0 Å². The lowest BCUT2D eigenvalue weighted by molar-refractivity contribution is -0.136. The van der Waals surface area contributed by atoms with Gasteiger partial charge in [0.25, 0.3) is 5.91 Å². The van der Waals surface area contributed by atoms with Gasteiger partial charge in [0.2, 0.25) is 5.91 Å². The number of nitrogens with zero attached hydrogens (tertiary/aromatic N) is 3. The minimum Gasteiger partial charge on any atom is -0.467 e. The fourth-order valence-corrected chi connectivity index (χ4v) is 5.30. The zero-order valence-corrected chi connectivity index (χ0v) is 19.6. The molecule has 0 radical (unpaired) electrons. The summed E-state index contributed by atoms with van der Waals surface area (Å²) in [5, 5.41) is 11.4. The Bertz CT molecular complexity index is 925. The van der Waals surface area contributed by atoms with Crippen molar-refractivity contribution >= 4 is 28.9 Å². The largest absolute Gasteiger partial charge is 0.467 e. The highest BCUT2D eigenvalue weighted by molar-refractivity contribution is 7.12. The SMILES string of the molecule is CCCC(C)NC(=O)C1CCCN(CC(=O)N2N=C(c3cccs3)CC2c2ccco2)C1. The molecule has 3 atom stereocenters. The molecular weight excluding hydrogens is 424 g/mol. The van der Waals surface area contributed by atoms with E-state index in [0.717, 1.165) is 48.6 Å². The van der Waals surface area contributed by atoms with Gasteiger partial charge in [0.15, 0.2) is 0 Å². The average Bonchev–Trinajstić information content (AvgIpc) is 3.55. The van der Waals surface area contributed by atoms with Crippen LogP contribution in [0, 0.1) is 5.92 Å². The number of hydrazone groups is 1. The van der Waals surface area contributed by atoms with E-state index in [1.165, 1.54) is 0 Å². The second-order valence-corrected chi connectivity index (χ2v) is 9.72. The molecule has 1 N–H and O–H groups in total. The summed E-state index contributed by atoms with van der Waals surface area (Å²) in [5.74, 6) is 0.726. The Hall–Kier alpha value is -2.45. The van der Waals surface area contributed by atoms with Crippen molar-refractivity contribution in [1.29, 1.82) is 0 Å². The fourth-order valence-electron chi connectivity index (χ4n) is 4.58. The van der Waals surface area contributed by atoms with Gasteiger partial charge in [-0.3, -0.25) is 14.5 Å². The molecule has 0 spiro atoms. The van der Waals surface area contributed by atoms with Crippen LogP contribution in [0.1, 0.15) is 62.6 Å². The molecule has 1 fully saturated rings.